The second kappa shape index (κ2) is 6.63. The van der Waals surface area contributed by atoms with Gasteiger partial charge in [0, 0.05) is 36.0 Å². The van der Waals surface area contributed by atoms with E-state index in [1.54, 1.807) is 0 Å². The summed E-state index contributed by atoms with van der Waals surface area (Å²) < 4.78 is 5.64. The van der Waals surface area contributed by atoms with E-state index >= 15 is 0 Å². The lowest BCUT2D eigenvalue weighted by atomic mass is 9.91. The number of thiazole rings is 1. The third-order valence-corrected chi connectivity index (χ3v) is 4.70. The summed E-state index contributed by atoms with van der Waals surface area (Å²) in [4.78, 5) is 8.70. The van der Waals surface area contributed by atoms with Gasteiger partial charge in [-0.25, -0.2) is 4.98 Å². The lowest BCUT2D eigenvalue weighted by molar-refractivity contribution is 0.0532. The van der Waals surface area contributed by atoms with Crippen LogP contribution in [0.5, 0.6) is 0 Å². The van der Waals surface area contributed by atoms with Gasteiger partial charge in [-0.05, 0) is 6.92 Å². The monoisotopic (exact) mass is 311 g/mol. The molecule has 1 unspecified atom stereocenters. The Morgan fingerprint density at radius 1 is 1.43 bits per heavy atom. The van der Waals surface area contributed by atoms with Crippen LogP contribution >= 0.6 is 11.3 Å². The molecule has 1 aliphatic heterocycles. The van der Waals surface area contributed by atoms with Gasteiger partial charge in [-0.2, -0.15) is 0 Å². The molecule has 2 rings (SSSR count). The summed E-state index contributed by atoms with van der Waals surface area (Å²) >= 11 is 1.83. The van der Waals surface area contributed by atoms with E-state index in [0.29, 0.717) is 6.04 Å². The van der Waals surface area contributed by atoms with Crippen LogP contribution in [-0.4, -0.2) is 36.8 Å². The van der Waals surface area contributed by atoms with Gasteiger partial charge in [-0.15, -0.1) is 11.3 Å². The normalized spacial score (nSPS) is 20.3. The maximum Gasteiger partial charge on any atom is 0.186 e. The van der Waals surface area contributed by atoms with Crippen molar-refractivity contribution in [3.8, 4) is 0 Å². The molecule has 1 saturated heterocycles. The molecule has 21 heavy (non-hydrogen) atoms. The van der Waals surface area contributed by atoms with Crippen molar-refractivity contribution in [2.75, 3.05) is 24.6 Å². The van der Waals surface area contributed by atoms with Crippen LogP contribution in [-0.2, 0) is 16.7 Å². The Balaban J connectivity index is 2.22. The van der Waals surface area contributed by atoms with E-state index in [-0.39, 0.29) is 11.5 Å². The van der Waals surface area contributed by atoms with E-state index in [1.165, 1.54) is 10.6 Å². The minimum absolute atomic E-state index is 0.0840. The molecule has 4 nitrogen and oxygen atoms in total. The van der Waals surface area contributed by atoms with Crippen LogP contribution in [0.4, 0.5) is 5.13 Å². The van der Waals surface area contributed by atoms with Gasteiger partial charge in [0.15, 0.2) is 5.13 Å². The Hall–Kier alpha value is -0.650. The predicted molar refractivity (Wildman–Crippen MR) is 90.4 cm³/mol. The van der Waals surface area contributed by atoms with Gasteiger partial charge in [0.1, 0.15) is 0 Å². The van der Waals surface area contributed by atoms with Gasteiger partial charge in [0.2, 0.25) is 0 Å². The van der Waals surface area contributed by atoms with Crippen molar-refractivity contribution in [3.63, 3.8) is 0 Å². The van der Waals surface area contributed by atoms with Gasteiger partial charge in [-0.1, -0.05) is 34.6 Å². The van der Waals surface area contributed by atoms with Crippen molar-refractivity contribution in [1.29, 1.82) is 0 Å². The smallest absolute Gasteiger partial charge is 0.186 e. The van der Waals surface area contributed by atoms with Crippen molar-refractivity contribution in [1.82, 2.24) is 10.3 Å². The summed E-state index contributed by atoms with van der Waals surface area (Å²) in [6.45, 7) is 16.8. The highest BCUT2D eigenvalue weighted by atomic mass is 32.1. The molecule has 5 heteroatoms. The van der Waals surface area contributed by atoms with Crippen LogP contribution in [0, 0.1) is 0 Å². The van der Waals surface area contributed by atoms with E-state index in [0.717, 1.165) is 31.4 Å². The Morgan fingerprint density at radius 2 is 2.14 bits per heavy atom. The SMILES string of the molecule is CC(C)NCc1sc(N2CCOC(C)C2)nc1C(C)(C)C. The third-order valence-electron chi connectivity index (χ3n) is 3.58. The average Bonchev–Trinajstić information content (AvgIpc) is 2.80. The third kappa shape index (κ3) is 4.41. The van der Waals surface area contributed by atoms with Crippen molar-refractivity contribution in [2.45, 2.75) is 65.6 Å². The minimum atomic E-state index is 0.0840. The number of anilines is 1. The number of hydrogen-bond donors (Lipinski definition) is 1. The van der Waals surface area contributed by atoms with E-state index in [2.05, 4.69) is 51.8 Å². The highest BCUT2D eigenvalue weighted by Crippen LogP contribution is 2.34. The molecule has 120 valence electrons. The van der Waals surface area contributed by atoms with Crippen LogP contribution in [0.1, 0.15) is 52.1 Å². The average molecular weight is 311 g/mol. The summed E-state index contributed by atoms with van der Waals surface area (Å²) in [6, 6.07) is 0.492. The zero-order valence-corrected chi connectivity index (χ0v) is 15.0. The molecule has 2 heterocycles. The number of morpholine rings is 1. The Morgan fingerprint density at radius 3 is 2.71 bits per heavy atom. The standard InChI is InChI=1S/C16H29N3OS/c1-11(2)17-9-13-14(16(4,5)6)18-15(21-13)19-7-8-20-12(3)10-19/h11-12,17H,7-10H2,1-6H3. The van der Waals surface area contributed by atoms with Crippen LogP contribution < -0.4 is 10.2 Å². The molecule has 0 spiro atoms. The fraction of sp³-hybridized carbons (Fsp3) is 0.812. The first-order valence-electron chi connectivity index (χ1n) is 7.87. The molecule has 0 amide bonds. The fourth-order valence-corrected chi connectivity index (χ4v) is 3.73. The molecule has 0 bridgehead atoms. The molecule has 0 aliphatic carbocycles. The van der Waals surface area contributed by atoms with Crippen LogP contribution in [0.3, 0.4) is 0 Å². The maximum absolute atomic E-state index is 5.64. The zero-order valence-electron chi connectivity index (χ0n) is 14.2. The Labute approximate surface area is 132 Å². The summed E-state index contributed by atoms with van der Waals surface area (Å²) in [5.74, 6) is 0. The second-order valence-corrected chi connectivity index (χ2v) is 8.24. The highest BCUT2D eigenvalue weighted by Gasteiger charge is 2.26. The minimum Gasteiger partial charge on any atom is -0.375 e. The second-order valence-electron chi connectivity index (χ2n) is 7.18. The lowest BCUT2D eigenvalue weighted by Gasteiger charge is -2.30. The molecule has 1 aromatic heterocycles. The fourth-order valence-electron chi connectivity index (χ4n) is 2.47. The Bertz CT molecular complexity index is 465. The number of nitrogens with zero attached hydrogens (tertiary/aromatic N) is 2. The van der Waals surface area contributed by atoms with Crippen molar-refractivity contribution in [2.24, 2.45) is 0 Å². The molecule has 1 N–H and O–H groups in total. The first-order valence-corrected chi connectivity index (χ1v) is 8.69. The van der Waals surface area contributed by atoms with Gasteiger partial charge in [-0.3, -0.25) is 0 Å². The number of ether oxygens (including phenoxy) is 1. The number of hydrogen-bond acceptors (Lipinski definition) is 5. The van der Waals surface area contributed by atoms with Crippen molar-refractivity contribution >= 4 is 16.5 Å². The predicted octanol–water partition coefficient (Wildman–Crippen LogP) is 3.16. The van der Waals surface area contributed by atoms with E-state index in [9.17, 15) is 0 Å². The number of aromatic nitrogens is 1. The largest absolute Gasteiger partial charge is 0.375 e. The van der Waals surface area contributed by atoms with Crippen LogP contribution in [0.15, 0.2) is 0 Å². The molecule has 0 saturated carbocycles. The molecular weight excluding hydrogens is 282 g/mol. The van der Waals surface area contributed by atoms with Gasteiger partial charge in [0.05, 0.1) is 18.4 Å². The van der Waals surface area contributed by atoms with E-state index in [1.807, 2.05) is 11.3 Å². The quantitative estimate of drug-likeness (QED) is 0.927. The van der Waals surface area contributed by atoms with Gasteiger partial charge in [0.25, 0.3) is 0 Å². The molecular formula is C16H29N3OS. The van der Waals surface area contributed by atoms with Gasteiger partial charge < -0.3 is 15.0 Å². The number of nitrogens with one attached hydrogen (secondary N) is 1. The van der Waals surface area contributed by atoms with E-state index < -0.39 is 0 Å². The summed E-state index contributed by atoms with van der Waals surface area (Å²) in [6.07, 6.45) is 0.290. The number of rotatable bonds is 4. The molecule has 1 fully saturated rings. The first kappa shape index (κ1) is 16.7. The van der Waals surface area contributed by atoms with Crippen molar-refractivity contribution < 1.29 is 4.74 Å². The summed E-state index contributed by atoms with van der Waals surface area (Å²) in [5, 5.41) is 4.68. The lowest BCUT2D eigenvalue weighted by Crippen LogP contribution is -2.41. The zero-order chi connectivity index (χ0) is 15.6. The van der Waals surface area contributed by atoms with Gasteiger partial charge >= 0.3 is 0 Å². The molecule has 0 aromatic carbocycles. The van der Waals surface area contributed by atoms with E-state index in [4.69, 9.17) is 9.72 Å². The maximum atomic E-state index is 5.64. The molecule has 1 aromatic rings. The molecule has 0 radical (unpaired) electrons. The van der Waals surface area contributed by atoms with Crippen LogP contribution in [0.2, 0.25) is 0 Å². The molecule has 1 aliphatic rings. The summed E-state index contributed by atoms with van der Waals surface area (Å²) in [5.41, 5.74) is 1.32. The topological polar surface area (TPSA) is 37.4 Å². The van der Waals surface area contributed by atoms with Crippen LogP contribution in [0.25, 0.3) is 0 Å². The first-order chi connectivity index (χ1) is 9.77. The summed E-state index contributed by atoms with van der Waals surface area (Å²) in [7, 11) is 0. The molecule has 1 atom stereocenters. The Kier molecular flexibility index (Phi) is 5.28. The van der Waals surface area contributed by atoms with Crippen molar-refractivity contribution in [3.05, 3.63) is 10.6 Å². The highest BCUT2D eigenvalue weighted by molar-refractivity contribution is 7.15.